The van der Waals surface area contributed by atoms with Crippen LogP contribution in [0.25, 0.3) is 16.9 Å². The molecule has 5 rings (SSSR count). The largest absolute Gasteiger partial charge is 0.854 e. The lowest BCUT2D eigenvalue weighted by molar-refractivity contribution is -0.764. The van der Waals surface area contributed by atoms with Crippen LogP contribution >= 0.6 is 39.3 Å². The van der Waals surface area contributed by atoms with Crippen LogP contribution in [-0.2, 0) is 4.79 Å². The molecule has 0 fully saturated rings. The molecule has 1 aliphatic rings. The van der Waals surface area contributed by atoms with Crippen molar-refractivity contribution in [3.8, 4) is 22.8 Å². The van der Waals surface area contributed by atoms with Crippen LogP contribution < -0.4 is 14.7 Å². The predicted molar refractivity (Wildman–Crippen MR) is 131 cm³/mol. The van der Waals surface area contributed by atoms with Crippen molar-refractivity contribution in [3.05, 3.63) is 69.4 Å². The van der Waals surface area contributed by atoms with Gasteiger partial charge in [-0.1, -0.05) is 62.2 Å². The molecule has 172 valence electrons. The molecule has 0 spiro atoms. The summed E-state index contributed by atoms with van der Waals surface area (Å²) in [5.74, 6) is -0.664. The molecule has 0 saturated heterocycles. The Labute approximate surface area is 213 Å². The number of rotatable bonds is 3. The first-order valence-electron chi connectivity index (χ1n) is 10.3. The Kier molecular flexibility index (Phi) is 5.83. The molecule has 34 heavy (non-hydrogen) atoms. The van der Waals surface area contributed by atoms with E-state index >= 15 is 0 Å². The number of anilines is 1. The summed E-state index contributed by atoms with van der Waals surface area (Å²) in [6, 6.07) is 14.9. The number of aryl methyl sites for hydroxylation is 1. The van der Waals surface area contributed by atoms with Crippen molar-refractivity contribution in [1.82, 2.24) is 19.9 Å². The van der Waals surface area contributed by atoms with Gasteiger partial charge >= 0.3 is 0 Å². The van der Waals surface area contributed by atoms with E-state index in [0.717, 1.165) is 10.2 Å². The number of aromatic nitrogens is 5. The third-order valence-electron chi connectivity index (χ3n) is 5.60. The summed E-state index contributed by atoms with van der Waals surface area (Å²) in [4.78, 5) is 18.8. The predicted octanol–water partition coefficient (Wildman–Crippen LogP) is 4.05. The fourth-order valence-electron chi connectivity index (χ4n) is 4.19. The average molecular weight is 558 g/mol. The maximum absolute atomic E-state index is 13.2. The molecule has 0 bridgehead atoms. The molecular formula is C23H18BrClN6O2S. The Morgan fingerprint density at radius 3 is 2.65 bits per heavy atom. The molecule has 1 aliphatic heterocycles. The number of para-hydroxylation sites is 1. The van der Waals surface area contributed by atoms with Crippen LogP contribution in [0.3, 0.4) is 0 Å². The first-order valence-corrected chi connectivity index (χ1v) is 12.7. The third-order valence-corrected chi connectivity index (χ3v) is 7.00. The summed E-state index contributed by atoms with van der Waals surface area (Å²) in [7, 11) is 0. The Hall–Kier alpha value is -2.95. The molecule has 1 unspecified atom stereocenters. The van der Waals surface area contributed by atoms with Crippen molar-refractivity contribution in [1.29, 1.82) is 0 Å². The molecule has 1 amide bonds. The van der Waals surface area contributed by atoms with Gasteiger partial charge in [0.15, 0.2) is 0 Å². The Morgan fingerprint density at radius 2 is 1.97 bits per heavy atom. The summed E-state index contributed by atoms with van der Waals surface area (Å²) >= 11 is 11.6. The van der Waals surface area contributed by atoms with Crippen LogP contribution in [0.15, 0.2) is 58.2 Å². The highest BCUT2D eigenvalue weighted by Gasteiger charge is 2.47. The van der Waals surface area contributed by atoms with Gasteiger partial charge in [-0.15, -0.1) is 0 Å². The number of carbonyl (C=O) groups excluding carboxylic acids is 1. The molecule has 11 heteroatoms. The number of nitrogens with zero attached hydrogens (tertiary/aromatic N) is 6. The Morgan fingerprint density at radius 1 is 1.24 bits per heavy atom. The number of fused-ring (bicyclic) bond motifs is 3. The zero-order chi connectivity index (χ0) is 24.1. The van der Waals surface area contributed by atoms with Gasteiger partial charge in [-0.2, -0.15) is 5.10 Å². The highest BCUT2D eigenvalue weighted by molar-refractivity contribution is 9.10. The van der Waals surface area contributed by atoms with Gasteiger partial charge in [-0.25, -0.2) is 14.6 Å². The van der Waals surface area contributed by atoms with Gasteiger partial charge in [0.1, 0.15) is 10.7 Å². The van der Waals surface area contributed by atoms with Gasteiger partial charge in [-0.05, 0) is 43.5 Å². The minimum absolute atomic E-state index is 0.230. The second-order valence-corrected chi connectivity index (χ2v) is 9.71. The number of carbonyl (C=O) groups is 1. The molecule has 8 nitrogen and oxygen atoms in total. The second kappa shape index (κ2) is 8.68. The number of hydrogen-bond acceptors (Lipinski definition) is 6. The van der Waals surface area contributed by atoms with Crippen LogP contribution in [0, 0.1) is 6.92 Å². The lowest BCUT2D eigenvalue weighted by atomic mass is 10.0. The Bertz CT molecular complexity index is 1450. The van der Waals surface area contributed by atoms with Crippen molar-refractivity contribution in [2.45, 2.75) is 25.2 Å². The lowest BCUT2D eigenvalue weighted by Gasteiger charge is -2.32. The summed E-state index contributed by atoms with van der Waals surface area (Å²) in [6.45, 7) is 3.30. The molecule has 3 heterocycles. The summed E-state index contributed by atoms with van der Waals surface area (Å²) < 4.78 is 3.93. The van der Waals surface area contributed by atoms with Crippen molar-refractivity contribution < 1.29 is 14.6 Å². The van der Waals surface area contributed by atoms with Gasteiger partial charge in [0.25, 0.3) is 17.0 Å². The minimum Gasteiger partial charge on any atom is -0.854 e. The lowest BCUT2D eigenvalue weighted by Crippen LogP contribution is -2.59. The molecule has 2 aromatic carbocycles. The second-order valence-electron chi connectivity index (χ2n) is 7.66. The van der Waals surface area contributed by atoms with Crippen LogP contribution in [0.5, 0.6) is 5.88 Å². The van der Waals surface area contributed by atoms with E-state index in [9.17, 15) is 9.90 Å². The number of amides is 1. The van der Waals surface area contributed by atoms with Gasteiger partial charge in [0.2, 0.25) is 5.91 Å². The quantitative estimate of drug-likeness (QED) is 0.279. The van der Waals surface area contributed by atoms with E-state index in [0.29, 0.717) is 32.8 Å². The van der Waals surface area contributed by atoms with E-state index in [1.54, 1.807) is 32.7 Å². The van der Waals surface area contributed by atoms with Crippen molar-refractivity contribution >= 4 is 50.9 Å². The van der Waals surface area contributed by atoms with Crippen LogP contribution in [-0.4, -0.2) is 32.0 Å². The van der Waals surface area contributed by atoms with Gasteiger partial charge < -0.3 is 5.11 Å². The van der Waals surface area contributed by atoms with Crippen molar-refractivity contribution in [2.75, 3.05) is 11.2 Å². The summed E-state index contributed by atoms with van der Waals surface area (Å²) in [6.07, 6.45) is 0.964. The monoisotopic (exact) mass is 556 g/mol. The van der Waals surface area contributed by atoms with Gasteiger partial charge in [-0.3, -0.25) is 4.79 Å². The van der Waals surface area contributed by atoms with Gasteiger partial charge in [0, 0.05) is 16.5 Å². The standard InChI is InChI=1S/C23H18BrClN6O2S/c1-12-18(20(25)30(27-12)15-7-5-4-6-8-15)22-29(13(2)32)17-10-9-14(24)11-16(17)19-21(33)26-23(34-3)28-31(19)22/h4-11,22H,1-3H3. The average Bonchev–Trinajstić information content (AvgIpc) is 3.11. The van der Waals surface area contributed by atoms with Gasteiger partial charge in [0.05, 0.1) is 28.5 Å². The normalized spacial score (nSPS) is 14.6. The Balaban J connectivity index is 1.85. The minimum atomic E-state index is -0.826. The summed E-state index contributed by atoms with van der Waals surface area (Å²) in [5, 5.41) is 23.1. The molecule has 0 aliphatic carbocycles. The number of hydrogen-bond donors (Lipinski definition) is 0. The zero-order valence-corrected chi connectivity index (χ0v) is 21.5. The van der Waals surface area contributed by atoms with E-state index in [1.165, 1.54) is 18.7 Å². The molecule has 0 radical (unpaired) electrons. The zero-order valence-electron chi connectivity index (χ0n) is 18.4. The van der Waals surface area contributed by atoms with E-state index < -0.39 is 12.0 Å². The molecule has 4 aromatic rings. The smallest absolute Gasteiger partial charge is 0.297 e. The maximum atomic E-state index is 13.2. The molecule has 0 saturated carbocycles. The molecule has 1 atom stereocenters. The maximum Gasteiger partial charge on any atom is 0.297 e. The topological polar surface area (TPSA) is 90.9 Å². The van der Waals surface area contributed by atoms with E-state index in [2.05, 4.69) is 31.1 Å². The molecule has 0 N–H and O–H groups in total. The van der Waals surface area contributed by atoms with Crippen LogP contribution in [0.4, 0.5) is 5.69 Å². The van der Waals surface area contributed by atoms with Crippen LogP contribution in [0.2, 0.25) is 5.15 Å². The number of benzene rings is 2. The van der Waals surface area contributed by atoms with Crippen molar-refractivity contribution in [2.24, 2.45) is 0 Å². The molecular weight excluding hydrogens is 540 g/mol. The third kappa shape index (κ3) is 3.57. The van der Waals surface area contributed by atoms with Crippen LogP contribution in [0.1, 0.15) is 24.3 Å². The highest BCUT2D eigenvalue weighted by Crippen LogP contribution is 2.44. The number of thioether (sulfide) groups is 1. The fraction of sp³-hybridized carbons (Fsp3) is 0.174. The first-order chi connectivity index (χ1) is 16.3. The number of halogens is 2. The SMILES string of the molecule is CSc1nc([O-])c2[n+](n1)C(c1c(C)nn(-c3ccccc3)c1Cl)N(C(C)=O)c1ccc(Br)cc1-2. The highest BCUT2D eigenvalue weighted by atomic mass is 79.9. The summed E-state index contributed by atoms with van der Waals surface area (Å²) in [5.41, 5.74) is 3.37. The van der Waals surface area contributed by atoms with E-state index in [1.807, 2.05) is 43.3 Å². The van der Waals surface area contributed by atoms with E-state index in [-0.39, 0.29) is 11.6 Å². The fourth-order valence-corrected chi connectivity index (χ4v) is 5.27. The first kappa shape index (κ1) is 22.8. The van der Waals surface area contributed by atoms with E-state index in [4.69, 9.17) is 11.6 Å². The van der Waals surface area contributed by atoms with Crippen molar-refractivity contribution in [3.63, 3.8) is 0 Å². The molecule has 2 aromatic heterocycles.